The van der Waals surface area contributed by atoms with Crippen LogP contribution in [0.4, 0.5) is 11.4 Å². The largest absolute Gasteiger partial charge is 0.504 e. The summed E-state index contributed by atoms with van der Waals surface area (Å²) in [5.41, 5.74) is 1.02. The fourth-order valence-electron chi connectivity index (χ4n) is 1.85. The van der Waals surface area contributed by atoms with E-state index in [-0.39, 0.29) is 11.4 Å². The zero-order chi connectivity index (χ0) is 15.4. The lowest BCUT2D eigenvalue weighted by molar-refractivity contribution is -0.384. The van der Waals surface area contributed by atoms with Crippen molar-refractivity contribution in [3.63, 3.8) is 0 Å². The molecule has 0 bridgehead atoms. The van der Waals surface area contributed by atoms with Crippen LogP contribution >= 0.6 is 11.6 Å². The summed E-state index contributed by atoms with van der Waals surface area (Å²) in [5.74, 6) is 0.380. The molecule has 0 aliphatic carbocycles. The van der Waals surface area contributed by atoms with Gasteiger partial charge < -0.3 is 15.2 Å². The smallest absolute Gasteiger partial charge is 0.292 e. The molecular weight excluding hydrogens is 296 g/mol. The Morgan fingerprint density at radius 2 is 2.10 bits per heavy atom. The lowest BCUT2D eigenvalue weighted by Crippen LogP contribution is -2.02. The van der Waals surface area contributed by atoms with E-state index in [0.717, 1.165) is 5.56 Å². The number of ether oxygens (including phenoxy) is 1. The number of phenols is 1. The van der Waals surface area contributed by atoms with Crippen LogP contribution in [0.2, 0.25) is 5.02 Å². The third-order valence-electron chi connectivity index (χ3n) is 2.88. The number of nitrogens with one attached hydrogen (secondary N) is 1. The SMILES string of the molecule is COc1ccc(CNc2cc(Cl)ccc2[N+](=O)[O-])cc1O. The van der Waals surface area contributed by atoms with E-state index >= 15 is 0 Å². The Balaban J connectivity index is 2.18. The van der Waals surface area contributed by atoms with Crippen LogP contribution in [0.1, 0.15) is 5.56 Å². The fraction of sp³-hybridized carbons (Fsp3) is 0.143. The first-order valence-corrected chi connectivity index (χ1v) is 6.42. The van der Waals surface area contributed by atoms with Crippen molar-refractivity contribution in [2.75, 3.05) is 12.4 Å². The number of methoxy groups -OCH3 is 1. The van der Waals surface area contributed by atoms with Crippen molar-refractivity contribution in [3.8, 4) is 11.5 Å². The van der Waals surface area contributed by atoms with Gasteiger partial charge in [0.05, 0.1) is 12.0 Å². The first-order chi connectivity index (χ1) is 10.0. The van der Waals surface area contributed by atoms with Crippen molar-refractivity contribution < 1.29 is 14.8 Å². The topological polar surface area (TPSA) is 84.6 Å². The molecule has 110 valence electrons. The molecule has 0 aliphatic rings. The van der Waals surface area contributed by atoms with Crippen molar-refractivity contribution in [2.24, 2.45) is 0 Å². The maximum atomic E-state index is 10.9. The van der Waals surface area contributed by atoms with Gasteiger partial charge in [0.1, 0.15) is 5.69 Å². The van der Waals surface area contributed by atoms with Crippen LogP contribution in [0.3, 0.4) is 0 Å². The van der Waals surface area contributed by atoms with Gasteiger partial charge in [0.15, 0.2) is 11.5 Å². The predicted octanol–water partition coefficient (Wildman–Crippen LogP) is 3.57. The highest BCUT2D eigenvalue weighted by Crippen LogP contribution is 2.29. The highest BCUT2D eigenvalue weighted by Gasteiger charge is 2.13. The Morgan fingerprint density at radius 3 is 2.71 bits per heavy atom. The van der Waals surface area contributed by atoms with Crippen LogP contribution in [0.5, 0.6) is 11.5 Å². The molecule has 21 heavy (non-hydrogen) atoms. The minimum Gasteiger partial charge on any atom is -0.504 e. The minimum atomic E-state index is -0.482. The third-order valence-corrected chi connectivity index (χ3v) is 3.12. The van der Waals surface area contributed by atoms with Gasteiger partial charge in [-0.2, -0.15) is 0 Å². The third kappa shape index (κ3) is 3.55. The maximum Gasteiger partial charge on any atom is 0.292 e. The molecule has 0 saturated carbocycles. The number of benzene rings is 2. The van der Waals surface area contributed by atoms with Gasteiger partial charge in [-0.1, -0.05) is 17.7 Å². The Morgan fingerprint density at radius 1 is 1.33 bits per heavy atom. The molecule has 0 heterocycles. The number of hydrogen-bond acceptors (Lipinski definition) is 5. The molecule has 0 aromatic heterocycles. The molecule has 2 aromatic rings. The molecule has 2 rings (SSSR count). The fourth-order valence-corrected chi connectivity index (χ4v) is 2.02. The van der Waals surface area contributed by atoms with Crippen molar-refractivity contribution >= 4 is 23.0 Å². The average Bonchev–Trinajstić information content (AvgIpc) is 2.45. The van der Waals surface area contributed by atoms with Crippen molar-refractivity contribution in [1.82, 2.24) is 0 Å². The molecule has 2 aromatic carbocycles. The second kappa shape index (κ2) is 6.32. The Bertz CT molecular complexity index is 676. The summed E-state index contributed by atoms with van der Waals surface area (Å²) in [6.07, 6.45) is 0. The lowest BCUT2D eigenvalue weighted by Gasteiger charge is -2.09. The molecule has 0 spiro atoms. The Labute approximate surface area is 126 Å². The highest BCUT2D eigenvalue weighted by atomic mass is 35.5. The second-order valence-electron chi connectivity index (χ2n) is 4.28. The van der Waals surface area contributed by atoms with Crippen LogP contribution in [-0.2, 0) is 6.54 Å². The lowest BCUT2D eigenvalue weighted by atomic mass is 10.2. The van der Waals surface area contributed by atoms with E-state index in [1.165, 1.54) is 31.4 Å². The van der Waals surface area contributed by atoms with Gasteiger partial charge in [0.2, 0.25) is 0 Å². The van der Waals surface area contributed by atoms with Crippen LogP contribution < -0.4 is 10.1 Å². The minimum absolute atomic E-state index is 0.0115. The summed E-state index contributed by atoms with van der Waals surface area (Å²) in [5, 5.41) is 24.0. The van der Waals surface area contributed by atoms with E-state index in [4.69, 9.17) is 16.3 Å². The van der Waals surface area contributed by atoms with Crippen LogP contribution in [0.25, 0.3) is 0 Å². The number of nitrogens with zero attached hydrogens (tertiary/aromatic N) is 1. The van der Waals surface area contributed by atoms with E-state index in [1.54, 1.807) is 12.1 Å². The van der Waals surface area contributed by atoms with Gasteiger partial charge in [0.25, 0.3) is 5.69 Å². The number of nitro groups is 1. The number of rotatable bonds is 5. The number of phenolic OH excluding ortho intramolecular Hbond substituents is 1. The number of halogens is 1. The molecule has 0 unspecified atom stereocenters. The van der Waals surface area contributed by atoms with Crippen LogP contribution in [0, 0.1) is 10.1 Å². The monoisotopic (exact) mass is 308 g/mol. The first-order valence-electron chi connectivity index (χ1n) is 6.05. The van der Waals surface area contributed by atoms with Gasteiger partial charge in [-0.3, -0.25) is 10.1 Å². The molecule has 0 aliphatic heterocycles. The normalized spacial score (nSPS) is 10.2. The van der Waals surface area contributed by atoms with Crippen molar-refractivity contribution in [1.29, 1.82) is 0 Å². The summed E-state index contributed by atoms with van der Waals surface area (Å²) in [7, 11) is 1.46. The zero-order valence-corrected chi connectivity index (χ0v) is 11.9. The highest BCUT2D eigenvalue weighted by molar-refractivity contribution is 6.31. The van der Waals surface area contributed by atoms with Crippen molar-refractivity contribution in [2.45, 2.75) is 6.54 Å². The molecule has 0 saturated heterocycles. The number of hydrogen-bond donors (Lipinski definition) is 2. The number of anilines is 1. The second-order valence-corrected chi connectivity index (χ2v) is 4.71. The number of nitro benzene ring substituents is 1. The Hall–Kier alpha value is -2.47. The summed E-state index contributed by atoms with van der Waals surface area (Å²) < 4.78 is 4.95. The van der Waals surface area contributed by atoms with Gasteiger partial charge in [-0.15, -0.1) is 0 Å². The predicted molar refractivity (Wildman–Crippen MR) is 80.1 cm³/mol. The van der Waals surface area contributed by atoms with Gasteiger partial charge in [-0.05, 0) is 29.8 Å². The molecule has 0 radical (unpaired) electrons. The van der Waals surface area contributed by atoms with Gasteiger partial charge >= 0.3 is 0 Å². The molecule has 6 nitrogen and oxygen atoms in total. The Kier molecular flexibility index (Phi) is 4.49. The summed E-state index contributed by atoms with van der Waals surface area (Å²) in [6.45, 7) is 0.304. The number of aromatic hydroxyl groups is 1. The van der Waals surface area contributed by atoms with Gasteiger partial charge in [-0.25, -0.2) is 0 Å². The quantitative estimate of drug-likeness (QED) is 0.651. The molecule has 0 fully saturated rings. The van der Waals surface area contributed by atoms with Crippen LogP contribution in [-0.4, -0.2) is 17.1 Å². The maximum absolute atomic E-state index is 10.9. The molecule has 7 heteroatoms. The molecular formula is C14H13ClN2O4. The van der Waals surface area contributed by atoms with Crippen LogP contribution in [0.15, 0.2) is 36.4 Å². The van der Waals surface area contributed by atoms with E-state index in [0.29, 0.717) is 23.0 Å². The van der Waals surface area contributed by atoms with E-state index in [9.17, 15) is 15.2 Å². The average molecular weight is 309 g/mol. The van der Waals surface area contributed by atoms with E-state index in [1.807, 2.05) is 0 Å². The molecule has 0 amide bonds. The molecule has 0 atom stereocenters. The molecule has 2 N–H and O–H groups in total. The van der Waals surface area contributed by atoms with Gasteiger partial charge in [0, 0.05) is 17.6 Å². The van der Waals surface area contributed by atoms with E-state index < -0.39 is 4.92 Å². The van der Waals surface area contributed by atoms with Crippen molar-refractivity contribution in [3.05, 3.63) is 57.1 Å². The summed E-state index contributed by atoms with van der Waals surface area (Å²) >= 11 is 5.85. The standard InChI is InChI=1S/C14H13ClN2O4/c1-21-14-5-2-9(6-13(14)18)8-16-11-7-10(15)3-4-12(11)17(19)20/h2-7,16,18H,8H2,1H3. The summed E-state index contributed by atoms with van der Waals surface area (Å²) in [4.78, 5) is 10.5. The first kappa shape index (κ1) is 14.9. The van der Waals surface area contributed by atoms with E-state index in [2.05, 4.69) is 5.32 Å². The zero-order valence-electron chi connectivity index (χ0n) is 11.2. The summed E-state index contributed by atoms with van der Waals surface area (Å²) in [6, 6.07) is 9.20.